The Morgan fingerprint density at radius 2 is 2.11 bits per heavy atom. The van der Waals surface area contributed by atoms with E-state index >= 15 is 0 Å². The van der Waals surface area contributed by atoms with Crippen molar-refractivity contribution in [2.24, 2.45) is 5.92 Å². The molecule has 2 aromatic rings. The topological polar surface area (TPSA) is 17.0 Å². The monoisotopic (exact) mass is 256 g/mol. The molecule has 3 rings (SSSR count). The van der Waals surface area contributed by atoms with Gasteiger partial charge in [0.15, 0.2) is 0 Å². The van der Waals surface area contributed by atoms with Gasteiger partial charge < -0.3 is 9.88 Å². The lowest BCUT2D eigenvalue weighted by Gasteiger charge is -2.12. The number of rotatable bonds is 5. The molecule has 0 radical (unpaired) electrons. The molecule has 1 N–H and O–H groups in total. The molecule has 1 fully saturated rings. The van der Waals surface area contributed by atoms with Crippen LogP contribution >= 0.6 is 0 Å². The third-order valence-electron chi connectivity index (χ3n) is 4.38. The van der Waals surface area contributed by atoms with E-state index in [-0.39, 0.29) is 0 Å². The summed E-state index contributed by atoms with van der Waals surface area (Å²) in [5.41, 5.74) is 1.36. The average Bonchev–Trinajstić information content (AvgIpc) is 3.02. The lowest BCUT2D eigenvalue weighted by molar-refractivity contribution is 0.483. The quantitative estimate of drug-likeness (QED) is 0.805. The summed E-state index contributed by atoms with van der Waals surface area (Å²) in [6, 6.07) is 11.6. The van der Waals surface area contributed by atoms with Gasteiger partial charge in [0.2, 0.25) is 0 Å². The minimum absolute atomic E-state index is 0.774. The van der Waals surface area contributed by atoms with Gasteiger partial charge in [0.1, 0.15) is 0 Å². The van der Waals surface area contributed by atoms with Crippen LogP contribution in [0.2, 0.25) is 0 Å². The van der Waals surface area contributed by atoms with E-state index in [0.717, 1.165) is 25.0 Å². The first kappa shape index (κ1) is 12.7. The van der Waals surface area contributed by atoms with Crippen LogP contribution in [0.15, 0.2) is 36.5 Å². The van der Waals surface area contributed by atoms with E-state index in [0.29, 0.717) is 0 Å². The summed E-state index contributed by atoms with van der Waals surface area (Å²) in [7, 11) is 0. The third kappa shape index (κ3) is 3.01. The number of nitrogens with zero attached hydrogens (tertiary/aromatic N) is 1. The summed E-state index contributed by atoms with van der Waals surface area (Å²) >= 11 is 0. The van der Waals surface area contributed by atoms with Gasteiger partial charge in [-0.1, -0.05) is 25.1 Å². The van der Waals surface area contributed by atoms with Crippen molar-refractivity contribution in [3.8, 4) is 0 Å². The van der Waals surface area contributed by atoms with Crippen LogP contribution in [0.25, 0.3) is 10.9 Å². The van der Waals surface area contributed by atoms with Crippen molar-refractivity contribution in [1.82, 2.24) is 9.88 Å². The van der Waals surface area contributed by atoms with Gasteiger partial charge in [-0.3, -0.25) is 0 Å². The molecular formula is C17H24N2. The molecule has 2 heteroatoms. The van der Waals surface area contributed by atoms with Crippen molar-refractivity contribution in [2.75, 3.05) is 6.54 Å². The van der Waals surface area contributed by atoms with E-state index in [4.69, 9.17) is 0 Å². The number of hydrogen-bond acceptors (Lipinski definition) is 1. The zero-order valence-electron chi connectivity index (χ0n) is 11.8. The highest BCUT2D eigenvalue weighted by molar-refractivity contribution is 5.79. The molecule has 2 unspecified atom stereocenters. The summed E-state index contributed by atoms with van der Waals surface area (Å²) in [5.74, 6) is 0.922. The van der Waals surface area contributed by atoms with Crippen molar-refractivity contribution >= 4 is 10.9 Å². The number of hydrogen-bond donors (Lipinski definition) is 1. The van der Waals surface area contributed by atoms with Gasteiger partial charge in [-0.2, -0.15) is 0 Å². The van der Waals surface area contributed by atoms with Gasteiger partial charge in [0.05, 0.1) is 0 Å². The second kappa shape index (κ2) is 5.79. The second-order valence-electron chi connectivity index (χ2n) is 5.99. The van der Waals surface area contributed by atoms with E-state index in [1.165, 1.54) is 36.6 Å². The fourth-order valence-corrected chi connectivity index (χ4v) is 3.28. The van der Waals surface area contributed by atoms with Crippen molar-refractivity contribution in [3.63, 3.8) is 0 Å². The molecule has 2 nitrogen and oxygen atoms in total. The number of nitrogens with one attached hydrogen (secondary N) is 1. The van der Waals surface area contributed by atoms with Crippen LogP contribution in [0.5, 0.6) is 0 Å². The molecule has 0 saturated heterocycles. The standard InChI is InChI=1S/C17H24N2/c1-14-7-8-16(13-14)18-10-4-11-19-12-9-15-5-2-3-6-17(15)19/h2-3,5-6,9,12,14,16,18H,4,7-8,10-11,13H2,1H3. The van der Waals surface area contributed by atoms with Gasteiger partial charge in [0.25, 0.3) is 0 Å². The van der Waals surface area contributed by atoms with Crippen LogP contribution < -0.4 is 5.32 Å². The molecule has 0 aliphatic heterocycles. The second-order valence-corrected chi connectivity index (χ2v) is 5.99. The minimum Gasteiger partial charge on any atom is -0.347 e. The van der Waals surface area contributed by atoms with Crippen LogP contribution in [0.3, 0.4) is 0 Å². The Labute approximate surface area is 115 Å². The molecular weight excluding hydrogens is 232 g/mol. The molecule has 1 aliphatic carbocycles. The summed E-state index contributed by atoms with van der Waals surface area (Å²) in [5, 5.41) is 5.06. The molecule has 0 amide bonds. The zero-order valence-corrected chi connectivity index (χ0v) is 11.8. The van der Waals surface area contributed by atoms with Gasteiger partial charge >= 0.3 is 0 Å². The van der Waals surface area contributed by atoms with Crippen molar-refractivity contribution in [3.05, 3.63) is 36.5 Å². The van der Waals surface area contributed by atoms with Crippen molar-refractivity contribution in [1.29, 1.82) is 0 Å². The average molecular weight is 256 g/mol. The first-order valence-electron chi connectivity index (χ1n) is 7.60. The molecule has 19 heavy (non-hydrogen) atoms. The fourth-order valence-electron chi connectivity index (χ4n) is 3.28. The van der Waals surface area contributed by atoms with Crippen LogP contribution in [-0.4, -0.2) is 17.2 Å². The number of fused-ring (bicyclic) bond motifs is 1. The molecule has 102 valence electrons. The molecule has 1 heterocycles. The molecule has 1 aromatic carbocycles. The molecule has 0 spiro atoms. The number of aryl methyl sites for hydroxylation is 1. The van der Waals surface area contributed by atoms with Crippen LogP contribution in [0.4, 0.5) is 0 Å². The predicted molar refractivity (Wildman–Crippen MR) is 81.4 cm³/mol. The van der Waals surface area contributed by atoms with E-state index in [9.17, 15) is 0 Å². The van der Waals surface area contributed by atoms with Gasteiger partial charge in [-0.05, 0) is 55.7 Å². The van der Waals surface area contributed by atoms with Crippen LogP contribution in [0, 0.1) is 5.92 Å². The number of para-hydroxylation sites is 1. The molecule has 1 aromatic heterocycles. The number of aromatic nitrogens is 1. The first-order chi connectivity index (χ1) is 9.33. The summed E-state index contributed by atoms with van der Waals surface area (Å²) in [6.07, 6.45) is 7.56. The highest BCUT2D eigenvalue weighted by atomic mass is 15.0. The Kier molecular flexibility index (Phi) is 3.88. The fraction of sp³-hybridized carbons (Fsp3) is 0.529. The zero-order chi connectivity index (χ0) is 13.1. The highest BCUT2D eigenvalue weighted by Gasteiger charge is 2.19. The van der Waals surface area contributed by atoms with Gasteiger partial charge in [-0.15, -0.1) is 0 Å². The van der Waals surface area contributed by atoms with E-state index < -0.39 is 0 Å². The summed E-state index contributed by atoms with van der Waals surface area (Å²) in [4.78, 5) is 0. The maximum atomic E-state index is 3.71. The largest absolute Gasteiger partial charge is 0.347 e. The molecule has 1 aliphatic rings. The SMILES string of the molecule is CC1CCC(NCCCn2ccc3ccccc32)C1. The predicted octanol–water partition coefficient (Wildman–Crippen LogP) is 3.81. The smallest absolute Gasteiger partial charge is 0.0480 e. The molecule has 2 atom stereocenters. The van der Waals surface area contributed by atoms with Crippen LogP contribution in [0.1, 0.15) is 32.6 Å². The van der Waals surface area contributed by atoms with E-state index in [2.05, 4.69) is 53.3 Å². The van der Waals surface area contributed by atoms with Gasteiger partial charge in [0, 0.05) is 24.3 Å². The van der Waals surface area contributed by atoms with E-state index in [1.807, 2.05) is 0 Å². The first-order valence-corrected chi connectivity index (χ1v) is 7.60. The van der Waals surface area contributed by atoms with Gasteiger partial charge in [-0.25, -0.2) is 0 Å². The normalized spacial score (nSPS) is 23.2. The van der Waals surface area contributed by atoms with Crippen molar-refractivity contribution in [2.45, 2.75) is 45.2 Å². The maximum Gasteiger partial charge on any atom is 0.0480 e. The maximum absolute atomic E-state index is 3.71. The van der Waals surface area contributed by atoms with Crippen LogP contribution in [-0.2, 0) is 6.54 Å². The van der Waals surface area contributed by atoms with E-state index in [1.54, 1.807) is 0 Å². The number of benzene rings is 1. The Morgan fingerprint density at radius 1 is 1.21 bits per heavy atom. The Bertz CT molecular complexity index is 529. The lowest BCUT2D eigenvalue weighted by Crippen LogP contribution is -2.27. The Morgan fingerprint density at radius 3 is 2.95 bits per heavy atom. The summed E-state index contributed by atoms with van der Waals surface area (Å²) in [6.45, 7) is 4.63. The minimum atomic E-state index is 0.774. The third-order valence-corrected chi connectivity index (χ3v) is 4.38. The Hall–Kier alpha value is -1.28. The summed E-state index contributed by atoms with van der Waals surface area (Å²) < 4.78 is 2.37. The Balaban J connectivity index is 1.47. The molecule has 0 bridgehead atoms. The lowest BCUT2D eigenvalue weighted by atomic mass is 10.1. The molecule has 1 saturated carbocycles. The van der Waals surface area contributed by atoms with Crippen molar-refractivity contribution < 1.29 is 0 Å². The highest BCUT2D eigenvalue weighted by Crippen LogP contribution is 2.24.